The summed E-state index contributed by atoms with van der Waals surface area (Å²) in [5.41, 5.74) is 0.989. The molecule has 1 aliphatic rings. The number of hydrogen-bond donors (Lipinski definition) is 0. The lowest BCUT2D eigenvalue weighted by Crippen LogP contribution is -2.36. The Morgan fingerprint density at radius 2 is 1.83 bits per heavy atom. The number of amides is 1. The number of carbonyl (C=O) groups excluding carboxylic acids is 2. The van der Waals surface area contributed by atoms with Crippen LogP contribution in [0.3, 0.4) is 0 Å². The third kappa shape index (κ3) is 4.81. The van der Waals surface area contributed by atoms with E-state index >= 15 is 0 Å². The maximum Gasteiger partial charge on any atom is 0.340 e. The van der Waals surface area contributed by atoms with Gasteiger partial charge in [-0.15, -0.1) is 0 Å². The number of nitrogens with zero attached hydrogens (tertiary/aromatic N) is 1. The molecule has 132 valence electrons. The first kappa shape index (κ1) is 18.5. The third-order valence-corrected chi connectivity index (χ3v) is 4.30. The molecule has 5 heteroatoms. The van der Waals surface area contributed by atoms with Gasteiger partial charge in [0.25, 0.3) is 5.91 Å². The van der Waals surface area contributed by atoms with E-state index in [0.717, 1.165) is 12.8 Å². The minimum Gasteiger partial charge on any atom is -0.462 e. The van der Waals surface area contributed by atoms with Gasteiger partial charge in [-0.05, 0) is 38.8 Å². The molecule has 0 bridgehead atoms. The molecule has 0 aliphatic heterocycles. The van der Waals surface area contributed by atoms with E-state index in [0.29, 0.717) is 24.4 Å². The van der Waals surface area contributed by atoms with Crippen molar-refractivity contribution < 1.29 is 19.1 Å². The Kier molecular flexibility index (Phi) is 7.25. The van der Waals surface area contributed by atoms with Crippen LogP contribution in [0.1, 0.15) is 56.3 Å². The summed E-state index contributed by atoms with van der Waals surface area (Å²) >= 11 is 0. The molecule has 0 saturated heterocycles. The Hall–Kier alpha value is -1.88. The molecule has 0 spiro atoms. The highest BCUT2D eigenvalue weighted by Crippen LogP contribution is 2.23. The first-order valence-corrected chi connectivity index (χ1v) is 8.85. The number of hydrogen-bond acceptors (Lipinski definition) is 4. The molecular formula is C19H27NO4. The molecule has 0 aromatic heterocycles. The summed E-state index contributed by atoms with van der Waals surface area (Å²) in [6.45, 7) is 4.48. The van der Waals surface area contributed by atoms with E-state index in [9.17, 15) is 9.59 Å². The molecule has 1 aromatic carbocycles. The van der Waals surface area contributed by atoms with Crippen LogP contribution in [-0.2, 0) is 14.3 Å². The van der Waals surface area contributed by atoms with Crippen molar-refractivity contribution in [1.29, 1.82) is 0 Å². The number of esters is 1. The lowest BCUT2D eigenvalue weighted by atomic mass is 9.98. The van der Waals surface area contributed by atoms with Crippen LogP contribution in [0.4, 0.5) is 5.69 Å². The molecule has 0 N–H and O–H groups in total. The van der Waals surface area contributed by atoms with E-state index in [4.69, 9.17) is 9.47 Å². The van der Waals surface area contributed by atoms with Crippen LogP contribution in [0.2, 0.25) is 0 Å². The maximum atomic E-state index is 12.6. The van der Waals surface area contributed by atoms with E-state index in [2.05, 4.69) is 0 Å². The van der Waals surface area contributed by atoms with Gasteiger partial charge in [-0.1, -0.05) is 31.4 Å². The van der Waals surface area contributed by atoms with Crippen LogP contribution < -0.4 is 4.90 Å². The van der Waals surface area contributed by atoms with Crippen molar-refractivity contribution in [2.24, 2.45) is 0 Å². The molecule has 1 saturated carbocycles. The fourth-order valence-electron chi connectivity index (χ4n) is 3.07. The van der Waals surface area contributed by atoms with Gasteiger partial charge in [0, 0.05) is 6.54 Å². The van der Waals surface area contributed by atoms with Crippen molar-refractivity contribution in [3.05, 3.63) is 29.8 Å². The van der Waals surface area contributed by atoms with Crippen molar-refractivity contribution in [1.82, 2.24) is 0 Å². The maximum absolute atomic E-state index is 12.6. The van der Waals surface area contributed by atoms with Crippen LogP contribution in [0.15, 0.2) is 24.3 Å². The first-order chi connectivity index (χ1) is 11.7. The second-order valence-corrected chi connectivity index (χ2v) is 5.95. The molecule has 1 fully saturated rings. The lowest BCUT2D eigenvalue weighted by Gasteiger charge is -2.26. The predicted octanol–water partition coefficient (Wildman–Crippen LogP) is 3.57. The van der Waals surface area contributed by atoms with Gasteiger partial charge in [-0.2, -0.15) is 0 Å². The van der Waals surface area contributed by atoms with Gasteiger partial charge in [0.1, 0.15) is 6.61 Å². The minimum absolute atomic E-state index is 0.0513. The van der Waals surface area contributed by atoms with E-state index in [1.807, 2.05) is 13.0 Å². The Bertz CT molecular complexity index is 552. The summed E-state index contributed by atoms with van der Waals surface area (Å²) in [7, 11) is 0. The first-order valence-electron chi connectivity index (χ1n) is 8.85. The molecule has 0 radical (unpaired) electrons. The fourth-order valence-corrected chi connectivity index (χ4v) is 3.07. The summed E-state index contributed by atoms with van der Waals surface area (Å²) < 4.78 is 10.9. The van der Waals surface area contributed by atoms with Crippen molar-refractivity contribution in [2.75, 3.05) is 24.7 Å². The van der Waals surface area contributed by atoms with Gasteiger partial charge in [-0.25, -0.2) is 4.79 Å². The van der Waals surface area contributed by atoms with Crippen molar-refractivity contribution in [3.63, 3.8) is 0 Å². The second-order valence-electron chi connectivity index (χ2n) is 5.95. The van der Waals surface area contributed by atoms with Crippen molar-refractivity contribution in [3.8, 4) is 0 Å². The number of ether oxygens (including phenoxy) is 2. The summed E-state index contributed by atoms with van der Waals surface area (Å²) in [5.74, 6) is -0.535. The number of anilines is 1. The van der Waals surface area contributed by atoms with Crippen LogP contribution in [0.5, 0.6) is 0 Å². The molecule has 1 aromatic rings. The second kappa shape index (κ2) is 9.42. The molecule has 1 amide bonds. The SMILES string of the molecule is CCOC(=O)c1ccccc1N(CC)C(=O)COC1CCCCC1. The lowest BCUT2D eigenvalue weighted by molar-refractivity contribution is -0.125. The van der Waals surface area contributed by atoms with Gasteiger partial charge in [-0.3, -0.25) is 4.79 Å². The Labute approximate surface area is 143 Å². The number of likely N-dealkylation sites (N-methyl/N-ethyl adjacent to an activating group) is 1. The Balaban J connectivity index is 2.06. The number of rotatable bonds is 7. The highest BCUT2D eigenvalue weighted by Gasteiger charge is 2.22. The molecule has 0 unspecified atom stereocenters. The Morgan fingerprint density at radius 1 is 1.12 bits per heavy atom. The largest absolute Gasteiger partial charge is 0.462 e. The summed E-state index contributed by atoms with van der Waals surface area (Å²) in [5, 5.41) is 0. The van der Waals surface area contributed by atoms with E-state index in [1.54, 1.807) is 30.0 Å². The number of benzene rings is 1. The predicted molar refractivity (Wildman–Crippen MR) is 93.3 cm³/mol. The zero-order chi connectivity index (χ0) is 17.4. The zero-order valence-corrected chi connectivity index (χ0v) is 14.6. The molecule has 0 heterocycles. The smallest absolute Gasteiger partial charge is 0.340 e. The van der Waals surface area contributed by atoms with Crippen LogP contribution in [-0.4, -0.2) is 37.7 Å². The van der Waals surface area contributed by atoms with E-state index < -0.39 is 5.97 Å². The zero-order valence-electron chi connectivity index (χ0n) is 14.6. The van der Waals surface area contributed by atoms with Crippen LogP contribution in [0, 0.1) is 0 Å². The molecule has 5 nitrogen and oxygen atoms in total. The highest BCUT2D eigenvalue weighted by atomic mass is 16.5. The van der Waals surface area contributed by atoms with Crippen LogP contribution in [0.25, 0.3) is 0 Å². The van der Waals surface area contributed by atoms with Gasteiger partial charge in [0.2, 0.25) is 0 Å². The average molecular weight is 333 g/mol. The van der Waals surface area contributed by atoms with Gasteiger partial charge < -0.3 is 14.4 Å². The summed E-state index contributed by atoms with van der Waals surface area (Å²) in [4.78, 5) is 26.3. The normalized spacial score (nSPS) is 15.1. The van der Waals surface area contributed by atoms with Gasteiger partial charge >= 0.3 is 5.97 Å². The van der Waals surface area contributed by atoms with Gasteiger partial charge in [0.05, 0.1) is 24.0 Å². The summed E-state index contributed by atoms with van der Waals surface area (Å²) in [6, 6.07) is 7.04. The molecule has 2 rings (SSSR count). The molecule has 24 heavy (non-hydrogen) atoms. The van der Waals surface area contributed by atoms with E-state index in [1.165, 1.54) is 19.3 Å². The van der Waals surface area contributed by atoms with E-state index in [-0.39, 0.29) is 18.6 Å². The monoisotopic (exact) mass is 333 g/mol. The fraction of sp³-hybridized carbons (Fsp3) is 0.579. The summed E-state index contributed by atoms with van der Waals surface area (Å²) in [6.07, 6.45) is 5.82. The minimum atomic E-state index is -0.410. The number of carbonyl (C=O) groups is 2. The highest BCUT2D eigenvalue weighted by molar-refractivity contribution is 6.02. The van der Waals surface area contributed by atoms with Crippen molar-refractivity contribution >= 4 is 17.6 Å². The molecular weight excluding hydrogens is 306 g/mol. The quantitative estimate of drug-likeness (QED) is 0.716. The Morgan fingerprint density at radius 3 is 2.50 bits per heavy atom. The van der Waals surface area contributed by atoms with Crippen molar-refractivity contribution in [2.45, 2.75) is 52.1 Å². The molecule has 0 atom stereocenters. The average Bonchev–Trinajstić information content (AvgIpc) is 2.62. The molecule has 1 aliphatic carbocycles. The topological polar surface area (TPSA) is 55.8 Å². The van der Waals surface area contributed by atoms with Gasteiger partial charge in [0.15, 0.2) is 0 Å². The third-order valence-electron chi connectivity index (χ3n) is 4.30. The van der Waals surface area contributed by atoms with Crippen LogP contribution >= 0.6 is 0 Å². The number of para-hydroxylation sites is 1. The standard InChI is InChI=1S/C19H27NO4/c1-3-20(18(21)14-24-15-10-6-5-7-11-15)17-13-9-8-12-16(17)19(22)23-4-2/h8-9,12-13,15H,3-7,10-11,14H2,1-2H3.